The van der Waals surface area contributed by atoms with E-state index in [0.29, 0.717) is 0 Å². The van der Waals surface area contributed by atoms with E-state index in [9.17, 15) is 4.39 Å². The van der Waals surface area contributed by atoms with Crippen molar-refractivity contribution in [1.82, 2.24) is 5.32 Å². The maximum Gasteiger partial charge on any atom is 0.123 e. The summed E-state index contributed by atoms with van der Waals surface area (Å²) in [6.45, 7) is 10.8. The van der Waals surface area contributed by atoms with E-state index in [1.807, 2.05) is 6.07 Å². The normalized spacial score (nSPS) is 11.8. The minimum Gasteiger partial charge on any atom is -0.316 e. The van der Waals surface area contributed by atoms with E-state index < -0.39 is 0 Å². The molecule has 0 spiro atoms. The van der Waals surface area contributed by atoms with Gasteiger partial charge in [-0.1, -0.05) is 26.8 Å². The zero-order valence-electron chi connectivity index (χ0n) is 12.9. The zero-order chi connectivity index (χ0) is 14.3. The SMILES string of the molecule is CCCNCC(CC)(CC)Cc1cc(F)ccc1C. The molecule has 1 N–H and O–H groups in total. The molecule has 0 saturated heterocycles. The number of nitrogens with one attached hydrogen (secondary N) is 1. The van der Waals surface area contributed by atoms with Crippen LogP contribution in [0.2, 0.25) is 0 Å². The van der Waals surface area contributed by atoms with Crippen LogP contribution in [0.4, 0.5) is 4.39 Å². The number of aryl methyl sites for hydroxylation is 1. The molecule has 0 aliphatic carbocycles. The van der Waals surface area contributed by atoms with Crippen molar-refractivity contribution in [3.05, 3.63) is 35.1 Å². The molecule has 0 fully saturated rings. The molecule has 0 unspecified atom stereocenters. The van der Waals surface area contributed by atoms with Crippen molar-refractivity contribution in [3.63, 3.8) is 0 Å². The van der Waals surface area contributed by atoms with Gasteiger partial charge in [-0.05, 0) is 67.8 Å². The molecule has 0 aromatic heterocycles. The summed E-state index contributed by atoms with van der Waals surface area (Å²) in [4.78, 5) is 0. The minimum absolute atomic E-state index is 0.122. The van der Waals surface area contributed by atoms with Crippen molar-refractivity contribution in [2.45, 2.75) is 53.4 Å². The quantitative estimate of drug-likeness (QED) is 0.683. The van der Waals surface area contributed by atoms with E-state index in [0.717, 1.165) is 44.3 Å². The molecule has 0 saturated carbocycles. The van der Waals surface area contributed by atoms with Crippen molar-refractivity contribution < 1.29 is 4.39 Å². The van der Waals surface area contributed by atoms with Gasteiger partial charge in [-0.25, -0.2) is 4.39 Å². The van der Waals surface area contributed by atoms with Crippen LogP contribution in [-0.4, -0.2) is 13.1 Å². The fourth-order valence-electron chi connectivity index (χ4n) is 2.58. The fraction of sp³-hybridized carbons (Fsp3) is 0.647. The van der Waals surface area contributed by atoms with Crippen LogP contribution in [0.15, 0.2) is 18.2 Å². The van der Waals surface area contributed by atoms with Gasteiger partial charge >= 0.3 is 0 Å². The molecule has 1 aromatic rings. The topological polar surface area (TPSA) is 12.0 Å². The second-order valence-electron chi connectivity index (χ2n) is 5.63. The molecule has 0 aliphatic heterocycles. The Balaban J connectivity index is 2.84. The summed E-state index contributed by atoms with van der Waals surface area (Å²) >= 11 is 0. The zero-order valence-corrected chi connectivity index (χ0v) is 12.9. The molecular weight excluding hydrogens is 237 g/mol. The van der Waals surface area contributed by atoms with E-state index in [2.05, 4.69) is 33.0 Å². The van der Waals surface area contributed by atoms with Gasteiger partial charge in [0, 0.05) is 6.54 Å². The number of rotatable bonds is 8. The van der Waals surface area contributed by atoms with Gasteiger partial charge in [0.2, 0.25) is 0 Å². The number of hydrogen-bond acceptors (Lipinski definition) is 1. The van der Waals surface area contributed by atoms with E-state index in [4.69, 9.17) is 0 Å². The highest BCUT2D eigenvalue weighted by Gasteiger charge is 2.26. The summed E-state index contributed by atoms with van der Waals surface area (Å²) in [6.07, 6.45) is 4.36. The average molecular weight is 265 g/mol. The summed E-state index contributed by atoms with van der Waals surface area (Å²) in [5.41, 5.74) is 2.60. The molecule has 19 heavy (non-hydrogen) atoms. The van der Waals surface area contributed by atoms with Crippen molar-refractivity contribution in [2.24, 2.45) is 5.41 Å². The highest BCUT2D eigenvalue weighted by Crippen LogP contribution is 2.31. The van der Waals surface area contributed by atoms with Gasteiger partial charge in [0.05, 0.1) is 0 Å². The molecule has 0 radical (unpaired) electrons. The highest BCUT2D eigenvalue weighted by molar-refractivity contribution is 5.27. The lowest BCUT2D eigenvalue weighted by molar-refractivity contribution is 0.246. The lowest BCUT2D eigenvalue weighted by Crippen LogP contribution is -2.36. The monoisotopic (exact) mass is 265 g/mol. The fourth-order valence-corrected chi connectivity index (χ4v) is 2.58. The van der Waals surface area contributed by atoms with Crippen LogP contribution in [-0.2, 0) is 6.42 Å². The number of hydrogen-bond donors (Lipinski definition) is 1. The summed E-state index contributed by atoms with van der Waals surface area (Å²) in [7, 11) is 0. The van der Waals surface area contributed by atoms with Crippen molar-refractivity contribution in [3.8, 4) is 0 Å². The lowest BCUT2D eigenvalue weighted by atomic mass is 9.76. The van der Waals surface area contributed by atoms with Crippen LogP contribution in [0.3, 0.4) is 0 Å². The second-order valence-corrected chi connectivity index (χ2v) is 5.63. The average Bonchev–Trinajstić information content (AvgIpc) is 2.42. The van der Waals surface area contributed by atoms with E-state index in [-0.39, 0.29) is 11.2 Å². The number of benzene rings is 1. The Bertz CT molecular complexity index is 383. The first kappa shape index (κ1) is 16.2. The number of halogens is 1. The van der Waals surface area contributed by atoms with Gasteiger partial charge in [0.1, 0.15) is 5.82 Å². The molecule has 2 heteroatoms. The highest BCUT2D eigenvalue weighted by atomic mass is 19.1. The molecular formula is C17H28FN. The van der Waals surface area contributed by atoms with Crippen LogP contribution >= 0.6 is 0 Å². The van der Waals surface area contributed by atoms with Crippen LogP contribution in [0, 0.1) is 18.2 Å². The van der Waals surface area contributed by atoms with Gasteiger partial charge in [-0.2, -0.15) is 0 Å². The Hall–Kier alpha value is -0.890. The van der Waals surface area contributed by atoms with Gasteiger partial charge in [-0.3, -0.25) is 0 Å². The van der Waals surface area contributed by atoms with E-state index >= 15 is 0 Å². The molecule has 1 nitrogen and oxygen atoms in total. The lowest BCUT2D eigenvalue weighted by Gasteiger charge is -2.33. The van der Waals surface area contributed by atoms with Crippen LogP contribution in [0.5, 0.6) is 0 Å². The Morgan fingerprint density at radius 1 is 1.16 bits per heavy atom. The first-order valence-electron chi connectivity index (χ1n) is 7.52. The first-order chi connectivity index (χ1) is 9.06. The maximum absolute atomic E-state index is 13.4. The van der Waals surface area contributed by atoms with Gasteiger partial charge in [0.15, 0.2) is 0 Å². The molecule has 1 aromatic carbocycles. The Kier molecular flexibility index (Phi) is 6.50. The molecule has 108 valence electrons. The Morgan fingerprint density at radius 2 is 1.84 bits per heavy atom. The van der Waals surface area contributed by atoms with E-state index in [1.165, 1.54) is 5.56 Å². The third kappa shape index (κ3) is 4.61. The van der Waals surface area contributed by atoms with Crippen LogP contribution in [0.1, 0.15) is 51.2 Å². The third-order valence-electron chi connectivity index (χ3n) is 4.30. The van der Waals surface area contributed by atoms with Gasteiger partial charge in [-0.15, -0.1) is 0 Å². The van der Waals surface area contributed by atoms with Gasteiger partial charge < -0.3 is 5.32 Å². The predicted octanol–water partition coefficient (Wildman–Crippen LogP) is 4.48. The largest absolute Gasteiger partial charge is 0.316 e. The third-order valence-corrected chi connectivity index (χ3v) is 4.30. The minimum atomic E-state index is -0.122. The molecule has 0 amide bonds. The molecule has 0 heterocycles. The molecule has 0 bridgehead atoms. The summed E-state index contributed by atoms with van der Waals surface area (Å²) < 4.78 is 13.4. The molecule has 0 atom stereocenters. The summed E-state index contributed by atoms with van der Waals surface area (Å²) in [6, 6.07) is 5.14. The van der Waals surface area contributed by atoms with Crippen molar-refractivity contribution in [2.75, 3.05) is 13.1 Å². The molecule has 1 rings (SSSR count). The van der Waals surface area contributed by atoms with Crippen LogP contribution < -0.4 is 5.32 Å². The summed E-state index contributed by atoms with van der Waals surface area (Å²) in [5.74, 6) is -0.122. The van der Waals surface area contributed by atoms with Crippen molar-refractivity contribution >= 4 is 0 Å². The van der Waals surface area contributed by atoms with Crippen molar-refractivity contribution in [1.29, 1.82) is 0 Å². The predicted molar refractivity (Wildman–Crippen MR) is 81.0 cm³/mol. The standard InChI is InChI=1S/C17H28FN/c1-5-10-19-13-17(6-2,7-3)12-15-11-16(18)9-8-14(15)4/h8-9,11,19H,5-7,10,12-13H2,1-4H3. The van der Waals surface area contributed by atoms with Gasteiger partial charge in [0.25, 0.3) is 0 Å². The Labute approximate surface area is 117 Å². The smallest absolute Gasteiger partial charge is 0.123 e. The maximum atomic E-state index is 13.4. The van der Waals surface area contributed by atoms with Crippen LogP contribution in [0.25, 0.3) is 0 Å². The summed E-state index contributed by atoms with van der Waals surface area (Å²) in [5, 5.41) is 3.54. The van der Waals surface area contributed by atoms with E-state index in [1.54, 1.807) is 12.1 Å². The first-order valence-corrected chi connectivity index (χ1v) is 7.52. The Morgan fingerprint density at radius 3 is 2.42 bits per heavy atom. The molecule has 0 aliphatic rings. The second kappa shape index (κ2) is 7.64.